The van der Waals surface area contributed by atoms with Gasteiger partial charge in [0.1, 0.15) is 0 Å². The Kier molecular flexibility index (Phi) is 6.27. The Hall–Kier alpha value is -1.56. The highest BCUT2D eigenvalue weighted by Gasteiger charge is 2.16. The number of amides is 1. The van der Waals surface area contributed by atoms with E-state index in [0.29, 0.717) is 0 Å². The van der Waals surface area contributed by atoms with E-state index < -0.39 is 15.7 Å². The average Bonchev–Trinajstić information content (AvgIpc) is 2.46. The number of carbonyl (C=O) groups is 1. The molecule has 7 heteroatoms. The number of hydrogen-bond acceptors (Lipinski definition) is 3. The second-order valence-corrected chi connectivity index (χ2v) is 8.43. The molecule has 0 saturated carbocycles. The van der Waals surface area contributed by atoms with E-state index in [0.717, 1.165) is 11.1 Å². The van der Waals surface area contributed by atoms with Crippen molar-refractivity contribution in [3.8, 4) is 0 Å². The fourth-order valence-corrected chi connectivity index (χ4v) is 4.07. The van der Waals surface area contributed by atoms with Crippen LogP contribution in [0.2, 0.25) is 10.0 Å². The van der Waals surface area contributed by atoms with E-state index in [2.05, 4.69) is 5.32 Å². The first-order chi connectivity index (χ1) is 11.3. The molecule has 0 unspecified atom stereocenters. The third kappa shape index (κ3) is 5.23. The summed E-state index contributed by atoms with van der Waals surface area (Å²) in [5, 5.41) is 3.00. The van der Waals surface area contributed by atoms with Gasteiger partial charge in [0, 0.05) is 6.54 Å². The molecule has 0 aromatic heterocycles. The van der Waals surface area contributed by atoms with Crippen molar-refractivity contribution >= 4 is 38.9 Å². The molecule has 0 aliphatic carbocycles. The Morgan fingerprint density at radius 2 is 1.71 bits per heavy atom. The summed E-state index contributed by atoms with van der Waals surface area (Å²) in [7, 11) is -3.33. The topological polar surface area (TPSA) is 63.2 Å². The molecule has 128 valence electrons. The zero-order chi connectivity index (χ0) is 17.7. The molecule has 1 N–H and O–H groups in total. The predicted molar refractivity (Wildman–Crippen MR) is 97.5 cm³/mol. The first-order valence-corrected chi connectivity index (χ1v) is 9.84. The van der Waals surface area contributed by atoms with Crippen LogP contribution in [-0.2, 0) is 15.6 Å². The van der Waals surface area contributed by atoms with Crippen LogP contribution in [0.1, 0.15) is 21.5 Å². The van der Waals surface area contributed by atoms with Gasteiger partial charge in [0.05, 0.1) is 27.1 Å². The number of aryl methyl sites for hydroxylation is 1. The molecule has 0 aliphatic rings. The fraction of sp³-hybridized carbons (Fsp3) is 0.235. The van der Waals surface area contributed by atoms with E-state index in [-0.39, 0.29) is 33.7 Å². The van der Waals surface area contributed by atoms with E-state index >= 15 is 0 Å². The first kappa shape index (κ1) is 18.8. The summed E-state index contributed by atoms with van der Waals surface area (Å²) in [5.41, 5.74) is 1.89. The molecule has 0 atom stereocenters. The second kappa shape index (κ2) is 8.01. The molecule has 0 heterocycles. The Morgan fingerprint density at radius 1 is 1.08 bits per heavy atom. The molecule has 0 fully saturated rings. The standard InChI is InChI=1S/C17H17Cl2NO3S/c1-12-4-2-5-13(10-12)11-24(22,23)9-8-20-17(21)16-14(18)6-3-7-15(16)19/h2-7,10H,8-9,11H2,1H3,(H,20,21). The van der Waals surface area contributed by atoms with Crippen molar-refractivity contribution < 1.29 is 13.2 Å². The van der Waals surface area contributed by atoms with Crippen LogP contribution < -0.4 is 5.32 Å². The second-order valence-electron chi connectivity index (χ2n) is 5.43. The Balaban J connectivity index is 1.94. The number of sulfone groups is 1. The van der Waals surface area contributed by atoms with Gasteiger partial charge in [-0.2, -0.15) is 0 Å². The van der Waals surface area contributed by atoms with Gasteiger partial charge in [0.25, 0.3) is 5.91 Å². The zero-order valence-corrected chi connectivity index (χ0v) is 15.4. The summed E-state index contributed by atoms with van der Waals surface area (Å²) in [6.45, 7) is 1.90. The summed E-state index contributed by atoms with van der Waals surface area (Å²) in [5.74, 6) is -0.706. The number of hydrogen-bond donors (Lipinski definition) is 1. The van der Waals surface area contributed by atoms with Gasteiger partial charge in [-0.05, 0) is 24.6 Å². The highest BCUT2D eigenvalue weighted by atomic mass is 35.5. The maximum absolute atomic E-state index is 12.2. The molecule has 2 rings (SSSR count). The van der Waals surface area contributed by atoms with Crippen LogP contribution >= 0.6 is 23.2 Å². The third-order valence-corrected chi connectivity index (χ3v) is 5.59. The van der Waals surface area contributed by atoms with Crippen molar-refractivity contribution in [2.24, 2.45) is 0 Å². The van der Waals surface area contributed by atoms with Gasteiger partial charge in [-0.1, -0.05) is 59.1 Å². The van der Waals surface area contributed by atoms with Crippen LogP contribution in [0.3, 0.4) is 0 Å². The third-order valence-electron chi connectivity index (χ3n) is 3.36. The van der Waals surface area contributed by atoms with Gasteiger partial charge in [-0.25, -0.2) is 8.42 Å². The normalized spacial score (nSPS) is 11.3. The molecule has 0 aliphatic heterocycles. The molecule has 2 aromatic carbocycles. The maximum atomic E-state index is 12.2. The average molecular weight is 386 g/mol. The molecule has 4 nitrogen and oxygen atoms in total. The van der Waals surface area contributed by atoms with Gasteiger partial charge in [-0.15, -0.1) is 0 Å². The van der Waals surface area contributed by atoms with Gasteiger partial charge >= 0.3 is 0 Å². The van der Waals surface area contributed by atoms with Gasteiger partial charge in [0.2, 0.25) is 0 Å². The van der Waals surface area contributed by atoms with Gasteiger partial charge in [-0.3, -0.25) is 4.79 Å². The van der Waals surface area contributed by atoms with Crippen molar-refractivity contribution in [1.29, 1.82) is 0 Å². The summed E-state index contributed by atoms with van der Waals surface area (Å²) in [6, 6.07) is 12.1. The SMILES string of the molecule is Cc1cccc(CS(=O)(=O)CCNC(=O)c2c(Cl)cccc2Cl)c1. The van der Waals surface area contributed by atoms with Gasteiger partial charge in [0.15, 0.2) is 9.84 Å². The molecule has 24 heavy (non-hydrogen) atoms. The van der Waals surface area contributed by atoms with Crippen molar-refractivity contribution in [1.82, 2.24) is 5.32 Å². The molecule has 0 spiro atoms. The molecule has 1 amide bonds. The van der Waals surface area contributed by atoms with Crippen LogP contribution in [0.5, 0.6) is 0 Å². The highest BCUT2D eigenvalue weighted by Crippen LogP contribution is 2.23. The zero-order valence-electron chi connectivity index (χ0n) is 13.1. The molecular weight excluding hydrogens is 369 g/mol. The molecule has 0 bridgehead atoms. The quantitative estimate of drug-likeness (QED) is 0.825. The summed E-state index contributed by atoms with van der Waals surface area (Å²) >= 11 is 11.9. The van der Waals surface area contributed by atoms with Crippen molar-refractivity contribution in [2.45, 2.75) is 12.7 Å². The lowest BCUT2D eigenvalue weighted by Gasteiger charge is -2.09. The fourth-order valence-electron chi connectivity index (χ4n) is 2.25. The van der Waals surface area contributed by atoms with E-state index in [1.54, 1.807) is 24.3 Å². The van der Waals surface area contributed by atoms with Crippen LogP contribution in [0, 0.1) is 6.92 Å². The largest absolute Gasteiger partial charge is 0.351 e. The van der Waals surface area contributed by atoms with Crippen molar-refractivity contribution in [3.05, 3.63) is 69.2 Å². The number of nitrogens with one attached hydrogen (secondary N) is 1. The first-order valence-electron chi connectivity index (χ1n) is 7.27. The Bertz CT molecular complexity index is 830. The molecule has 2 aromatic rings. The molecular formula is C17H17Cl2NO3S. The minimum absolute atomic E-state index is 0.00542. The Morgan fingerprint density at radius 3 is 2.33 bits per heavy atom. The monoisotopic (exact) mass is 385 g/mol. The van der Waals surface area contributed by atoms with Crippen LogP contribution in [0.4, 0.5) is 0 Å². The van der Waals surface area contributed by atoms with Crippen LogP contribution in [0.25, 0.3) is 0 Å². The van der Waals surface area contributed by atoms with Crippen LogP contribution in [0.15, 0.2) is 42.5 Å². The van der Waals surface area contributed by atoms with Crippen molar-refractivity contribution in [3.63, 3.8) is 0 Å². The van der Waals surface area contributed by atoms with Crippen LogP contribution in [-0.4, -0.2) is 26.6 Å². The number of halogens is 2. The lowest BCUT2D eigenvalue weighted by Crippen LogP contribution is -2.30. The van der Waals surface area contributed by atoms with E-state index in [9.17, 15) is 13.2 Å². The van der Waals surface area contributed by atoms with Crippen molar-refractivity contribution in [2.75, 3.05) is 12.3 Å². The highest BCUT2D eigenvalue weighted by molar-refractivity contribution is 7.90. The van der Waals surface area contributed by atoms with Gasteiger partial charge < -0.3 is 5.32 Å². The summed E-state index contributed by atoms with van der Waals surface area (Å²) in [6.07, 6.45) is 0. The molecule has 0 radical (unpaired) electrons. The summed E-state index contributed by atoms with van der Waals surface area (Å²) < 4.78 is 24.3. The summed E-state index contributed by atoms with van der Waals surface area (Å²) in [4.78, 5) is 12.1. The van der Waals surface area contributed by atoms with E-state index in [4.69, 9.17) is 23.2 Å². The predicted octanol–water partition coefficient (Wildman–Crippen LogP) is 3.65. The number of rotatable bonds is 6. The smallest absolute Gasteiger partial charge is 0.254 e. The van der Waals surface area contributed by atoms with E-state index in [1.165, 1.54) is 0 Å². The number of carbonyl (C=O) groups excluding carboxylic acids is 1. The van der Waals surface area contributed by atoms with E-state index in [1.807, 2.05) is 25.1 Å². The Labute approximate surface area is 151 Å². The maximum Gasteiger partial charge on any atom is 0.254 e. The minimum Gasteiger partial charge on any atom is -0.351 e. The minimum atomic E-state index is -3.33. The molecule has 0 saturated heterocycles. The lowest BCUT2D eigenvalue weighted by atomic mass is 10.2. The lowest BCUT2D eigenvalue weighted by molar-refractivity contribution is 0.0956. The number of benzene rings is 2.